The fourth-order valence-electron chi connectivity index (χ4n) is 2.07. The lowest BCUT2D eigenvalue weighted by molar-refractivity contribution is 1.10. The van der Waals surface area contributed by atoms with Crippen molar-refractivity contribution in [1.29, 1.82) is 5.26 Å². The summed E-state index contributed by atoms with van der Waals surface area (Å²) in [6.45, 7) is 0. The molecule has 0 saturated carbocycles. The molecule has 0 radical (unpaired) electrons. The van der Waals surface area contributed by atoms with Gasteiger partial charge in [0.1, 0.15) is 0 Å². The van der Waals surface area contributed by atoms with Gasteiger partial charge in [0, 0.05) is 8.95 Å². The second-order valence-corrected chi connectivity index (χ2v) is 5.99. The van der Waals surface area contributed by atoms with Crippen molar-refractivity contribution < 1.29 is 0 Å². The Morgan fingerprint density at radius 2 is 1.95 bits per heavy atom. The molecule has 0 bridgehead atoms. The maximum absolute atomic E-state index is 9.04. The quantitative estimate of drug-likeness (QED) is 0.681. The first-order valence-corrected chi connectivity index (χ1v) is 7.32. The number of nitrogens with zero attached hydrogens (tertiary/aromatic N) is 3. The van der Waals surface area contributed by atoms with Gasteiger partial charge in [0.05, 0.1) is 28.4 Å². The molecule has 0 fully saturated rings. The van der Waals surface area contributed by atoms with Crippen molar-refractivity contribution in [1.82, 2.24) is 9.55 Å². The molecule has 1 aromatic heterocycles. The summed E-state index contributed by atoms with van der Waals surface area (Å²) in [6.07, 6.45) is 0. The molecule has 0 amide bonds. The topological polar surface area (TPSA) is 67.6 Å². The van der Waals surface area contributed by atoms with E-state index >= 15 is 0 Å². The predicted molar refractivity (Wildman–Crippen MR) is 85.6 cm³/mol. The molecule has 0 unspecified atom stereocenters. The standard InChI is InChI=1S/C14H8Br2N4/c15-9-2-3-10(16)12(6-9)20-13-5-8(7-17)1-4-11(13)19-14(20)18/h1-6H,(H2,18,19). The van der Waals surface area contributed by atoms with Gasteiger partial charge in [-0.05, 0) is 52.3 Å². The van der Waals surface area contributed by atoms with Gasteiger partial charge in [-0.15, -0.1) is 0 Å². The van der Waals surface area contributed by atoms with E-state index in [1.54, 1.807) is 18.2 Å². The molecule has 0 saturated heterocycles. The molecule has 4 nitrogen and oxygen atoms in total. The number of nitriles is 1. The van der Waals surface area contributed by atoms with Crippen LogP contribution >= 0.6 is 31.9 Å². The van der Waals surface area contributed by atoms with Crippen molar-refractivity contribution in [3.05, 3.63) is 50.9 Å². The van der Waals surface area contributed by atoms with Crippen molar-refractivity contribution in [3.63, 3.8) is 0 Å². The molecular weight excluding hydrogens is 384 g/mol. The van der Waals surface area contributed by atoms with Gasteiger partial charge < -0.3 is 5.73 Å². The molecule has 3 rings (SSSR count). The first-order valence-electron chi connectivity index (χ1n) is 5.73. The summed E-state index contributed by atoms with van der Waals surface area (Å²) in [5.41, 5.74) is 9.04. The highest BCUT2D eigenvalue weighted by atomic mass is 79.9. The molecule has 2 aromatic carbocycles. The number of anilines is 1. The molecule has 20 heavy (non-hydrogen) atoms. The zero-order valence-electron chi connectivity index (χ0n) is 10.1. The summed E-state index contributed by atoms with van der Waals surface area (Å²) in [4.78, 5) is 4.33. The Balaban J connectivity index is 2.38. The van der Waals surface area contributed by atoms with Gasteiger partial charge >= 0.3 is 0 Å². The van der Waals surface area contributed by atoms with E-state index in [0.29, 0.717) is 11.5 Å². The smallest absolute Gasteiger partial charge is 0.205 e. The molecule has 6 heteroatoms. The number of imidazole rings is 1. The highest BCUT2D eigenvalue weighted by molar-refractivity contribution is 9.11. The molecule has 2 N–H and O–H groups in total. The van der Waals surface area contributed by atoms with Gasteiger partial charge in [-0.25, -0.2) is 4.98 Å². The van der Waals surface area contributed by atoms with Crippen LogP contribution in [0.2, 0.25) is 0 Å². The number of rotatable bonds is 1. The van der Waals surface area contributed by atoms with E-state index in [9.17, 15) is 0 Å². The van der Waals surface area contributed by atoms with Crippen LogP contribution in [0, 0.1) is 11.3 Å². The monoisotopic (exact) mass is 390 g/mol. The molecule has 0 aliphatic rings. The largest absolute Gasteiger partial charge is 0.369 e. The Morgan fingerprint density at radius 3 is 2.70 bits per heavy atom. The number of benzene rings is 2. The van der Waals surface area contributed by atoms with E-state index in [4.69, 9.17) is 11.0 Å². The lowest BCUT2D eigenvalue weighted by Crippen LogP contribution is -2.01. The van der Waals surface area contributed by atoms with Crippen molar-refractivity contribution in [2.24, 2.45) is 0 Å². The third-order valence-electron chi connectivity index (χ3n) is 2.96. The van der Waals surface area contributed by atoms with E-state index in [2.05, 4.69) is 42.9 Å². The number of hydrogen-bond acceptors (Lipinski definition) is 3. The summed E-state index contributed by atoms with van der Waals surface area (Å²) in [5, 5.41) is 9.04. The maximum atomic E-state index is 9.04. The van der Waals surface area contributed by atoms with Gasteiger partial charge in [-0.2, -0.15) is 5.26 Å². The van der Waals surface area contributed by atoms with E-state index in [0.717, 1.165) is 25.7 Å². The molecule has 3 aromatic rings. The van der Waals surface area contributed by atoms with Crippen LogP contribution in [0.1, 0.15) is 5.56 Å². The number of hydrogen-bond donors (Lipinski definition) is 1. The average Bonchev–Trinajstić information content (AvgIpc) is 2.76. The average molecular weight is 392 g/mol. The van der Waals surface area contributed by atoms with E-state index in [1.165, 1.54) is 0 Å². The molecule has 0 aliphatic carbocycles. The summed E-state index contributed by atoms with van der Waals surface area (Å²) in [7, 11) is 0. The minimum Gasteiger partial charge on any atom is -0.369 e. The molecule has 98 valence electrons. The van der Waals surface area contributed by atoms with E-state index in [-0.39, 0.29) is 0 Å². The maximum Gasteiger partial charge on any atom is 0.205 e. The lowest BCUT2D eigenvalue weighted by Gasteiger charge is -2.09. The van der Waals surface area contributed by atoms with Crippen LogP contribution in [0.15, 0.2) is 45.3 Å². The summed E-state index contributed by atoms with van der Waals surface area (Å²) in [6, 6.07) is 13.3. The number of aromatic nitrogens is 2. The van der Waals surface area contributed by atoms with Crippen LogP contribution in [0.4, 0.5) is 5.95 Å². The number of halogens is 2. The third-order valence-corrected chi connectivity index (χ3v) is 4.12. The Bertz CT molecular complexity index is 861. The molecule has 1 heterocycles. The zero-order chi connectivity index (χ0) is 14.3. The Kier molecular flexibility index (Phi) is 3.24. The number of nitrogens with two attached hydrogens (primary N) is 1. The minimum atomic E-state index is 0.383. The normalized spacial score (nSPS) is 10.7. The third kappa shape index (κ3) is 2.09. The first kappa shape index (κ1) is 13.2. The van der Waals surface area contributed by atoms with Crippen LogP contribution < -0.4 is 5.73 Å². The van der Waals surface area contributed by atoms with E-state index < -0.39 is 0 Å². The molecular formula is C14H8Br2N4. The molecule has 0 spiro atoms. The molecule has 0 aliphatic heterocycles. The first-order chi connectivity index (χ1) is 9.60. The van der Waals surface area contributed by atoms with Crippen molar-refractivity contribution in [2.75, 3.05) is 5.73 Å². The van der Waals surface area contributed by atoms with Crippen LogP contribution in [-0.4, -0.2) is 9.55 Å². The summed E-state index contributed by atoms with van der Waals surface area (Å²) in [5.74, 6) is 0.383. The fourth-order valence-corrected chi connectivity index (χ4v) is 2.85. The van der Waals surface area contributed by atoms with Crippen molar-refractivity contribution >= 4 is 48.8 Å². The van der Waals surface area contributed by atoms with Crippen molar-refractivity contribution in [3.8, 4) is 11.8 Å². The second kappa shape index (κ2) is 4.93. The zero-order valence-corrected chi connectivity index (χ0v) is 13.3. The SMILES string of the molecule is N#Cc1ccc2nc(N)n(-c3cc(Br)ccc3Br)c2c1. The van der Waals surface area contributed by atoms with Crippen molar-refractivity contribution in [2.45, 2.75) is 0 Å². The fraction of sp³-hybridized carbons (Fsp3) is 0. The van der Waals surface area contributed by atoms with Crippen LogP contribution in [0.3, 0.4) is 0 Å². The summed E-state index contributed by atoms with van der Waals surface area (Å²) < 4.78 is 3.66. The van der Waals surface area contributed by atoms with Gasteiger partial charge in [0.2, 0.25) is 5.95 Å². The lowest BCUT2D eigenvalue weighted by atomic mass is 10.2. The number of fused-ring (bicyclic) bond motifs is 1. The predicted octanol–water partition coefficient (Wildman–Crippen LogP) is 4.00. The summed E-state index contributed by atoms with van der Waals surface area (Å²) >= 11 is 6.97. The Labute approximate surface area is 132 Å². The second-order valence-electron chi connectivity index (χ2n) is 4.22. The Hall–Kier alpha value is -1.84. The van der Waals surface area contributed by atoms with Crippen LogP contribution in [0.5, 0.6) is 0 Å². The minimum absolute atomic E-state index is 0.383. The van der Waals surface area contributed by atoms with Gasteiger partial charge in [0.25, 0.3) is 0 Å². The highest BCUT2D eigenvalue weighted by Gasteiger charge is 2.13. The van der Waals surface area contributed by atoms with Crippen LogP contribution in [-0.2, 0) is 0 Å². The highest BCUT2D eigenvalue weighted by Crippen LogP contribution is 2.30. The Morgan fingerprint density at radius 1 is 1.15 bits per heavy atom. The van der Waals surface area contributed by atoms with E-state index in [1.807, 2.05) is 22.8 Å². The van der Waals surface area contributed by atoms with Gasteiger partial charge in [-0.3, -0.25) is 4.57 Å². The van der Waals surface area contributed by atoms with Crippen LogP contribution in [0.25, 0.3) is 16.7 Å². The van der Waals surface area contributed by atoms with Gasteiger partial charge in [-0.1, -0.05) is 15.9 Å². The van der Waals surface area contributed by atoms with Gasteiger partial charge in [0.15, 0.2) is 0 Å². The molecule has 0 atom stereocenters. The number of nitrogen functional groups attached to an aromatic ring is 1.